The first-order chi connectivity index (χ1) is 6.20. The summed E-state index contributed by atoms with van der Waals surface area (Å²) in [4.78, 5) is 22.5. The molecule has 2 rings (SSSR count). The number of Topliss-reactive ketones (excluding diaryl/α,β-unsaturated/α-hetero) is 1. The molecule has 1 amide bonds. The van der Waals surface area contributed by atoms with E-state index in [4.69, 9.17) is 0 Å². The second-order valence-corrected chi connectivity index (χ2v) is 3.08. The second kappa shape index (κ2) is 2.69. The van der Waals surface area contributed by atoms with Crippen LogP contribution in [0.25, 0.3) is 0 Å². The van der Waals surface area contributed by atoms with Crippen molar-refractivity contribution in [2.75, 3.05) is 0 Å². The molecular formula is C10H9NO2. The van der Waals surface area contributed by atoms with Crippen LogP contribution in [0.15, 0.2) is 18.2 Å². The Labute approximate surface area is 75.8 Å². The summed E-state index contributed by atoms with van der Waals surface area (Å²) in [5.41, 5.74) is 1.99. The maximum atomic E-state index is 11.3. The number of ketones is 1. The summed E-state index contributed by atoms with van der Waals surface area (Å²) in [6, 6.07) is 5.35. The van der Waals surface area contributed by atoms with Gasteiger partial charge in [0.25, 0.3) is 5.91 Å². The molecule has 1 heterocycles. The van der Waals surface area contributed by atoms with Gasteiger partial charge in [0.05, 0.1) is 5.56 Å². The average molecular weight is 175 g/mol. The summed E-state index contributed by atoms with van der Waals surface area (Å²) in [7, 11) is 0. The van der Waals surface area contributed by atoms with E-state index in [2.05, 4.69) is 5.32 Å². The van der Waals surface area contributed by atoms with Gasteiger partial charge in [-0.2, -0.15) is 0 Å². The van der Waals surface area contributed by atoms with Crippen LogP contribution in [0.1, 0.15) is 33.2 Å². The predicted molar refractivity (Wildman–Crippen MR) is 47.6 cm³/mol. The van der Waals surface area contributed by atoms with Crippen molar-refractivity contribution < 1.29 is 9.59 Å². The van der Waals surface area contributed by atoms with Crippen LogP contribution in [0.5, 0.6) is 0 Å². The van der Waals surface area contributed by atoms with E-state index < -0.39 is 0 Å². The number of fused-ring (bicyclic) bond motifs is 1. The zero-order valence-electron chi connectivity index (χ0n) is 7.26. The monoisotopic (exact) mass is 175 g/mol. The SMILES string of the molecule is CC(=O)c1cccc2c1C(=O)NC2. The van der Waals surface area contributed by atoms with Gasteiger partial charge in [0.1, 0.15) is 0 Å². The molecule has 1 aliphatic heterocycles. The lowest BCUT2D eigenvalue weighted by atomic mass is 10.0. The van der Waals surface area contributed by atoms with E-state index in [9.17, 15) is 9.59 Å². The highest BCUT2D eigenvalue weighted by atomic mass is 16.2. The molecule has 1 aliphatic rings. The molecule has 0 aromatic heterocycles. The molecule has 0 saturated carbocycles. The Hall–Kier alpha value is -1.64. The minimum absolute atomic E-state index is 0.0612. The molecule has 1 aromatic carbocycles. The maximum absolute atomic E-state index is 11.3. The highest BCUT2D eigenvalue weighted by Crippen LogP contribution is 2.19. The average Bonchev–Trinajstić information content (AvgIpc) is 2.48. The minimum atomic E-state index is -0.138. The topological polar surface area (TPSA) is 46.2 Å². The lowest BCUT2D eigenvalue weighted by molar-refractivity contribution is 0.0950. The molecule has 1 N–H and O–H groups in total. The van der Waals surface area contributed by atoms with E-state index in [1.165, 1.54) is 6.92 Å². The Morgan fingerprint density at radius 2 is 2.23 bits per heavy atom. The normalized spacial score (nSPS) is 13.8. The summed E-state index contributed by atoms with van der Waals surface area (Å²) < 4.78 is 0. The lowest BCUT2D eigenvalue weighted by Gasteiger charge is -2.00. The van der Waals surface area contributed by atoms with Crippen LogP contribution in [-0.2, 0) is 6.54 Å². The van der Waals surface area contributed by atoms with E-state index in [1.807, 2.05) is 6.07 Å². The van der Waals surface area contributed by atoms with Crippen molar-refractivity contribution in [1.82, 2.24) is 5.32 Å². The first-order valence-electron chi connectivity index (χ1n) is 4.11. The minimum Gasteiger partial charge on any atom is -0.348 e. The number of benzene rings is 1. The van der Waals surface area contributed by atoms with Gasteiger partial charge in [0.2, 0.25) is 0 Å². The van der Waals surface area contributed by atoms with Crippen molar-refractivity contribution in [1.29, 1.82) is 0 Å². The van der Waals surface area contributed by atoms with Gasteiger partial charge in [-0.3, -0.25) is 9.59 Å². The van der Waals surface area contributed by atoms with E-state index in [0.717, 1.165) is 5.56 Å². The summed E-state index contributed by atoms with van der Waals surface area (Å²) >= 11 is 0. The van der Waals surface area contributed by atoms with Gasteiger partial charge in [-0.15, -0.1) is 0 Å². The molecule has 0 unspecified atom stereocenters. The van der Waals surface area contributed by atoms with Gasteiger partial charge in [-0.1, -0.05) is 18.2 Å². The molecule has 0 spiro atoms. The van der Waals surface area contributed by atoms with E-state index in [-0.39, 0.29) is 11.7 Å². The fraction of sp³-hybridized carbons (Fsp3) is 0.200. The molecule has 0 aliphatic carbocycles. The highest BCUT2D eigenvalue weighted by molar-refractivity contribution is 6.09. The fourth-order valence-electron chi connectivity index (χ4n) is 1.57. The Kier molecular flexibility index (Phi) is 1.65. The van der Waals surface area contributed by atoms with Gasteiger partial charge in [-0.25, -0.2) is 0 Å². The third-order valence-electron chi connectivity index (χ3n) is 2.20. The van der Waals surface area contributed by atoms with Gasteiger partial charge in [0, 0.05) is 12.1 Å². The van der Waals surface area contributed by atoms with Crippen LogP contribution >= 0.6 is 0 Å². The van der Waals surface area contributed by atoms with E-state index >= 15 is 0 Å². The molecule has 0 saturated heterocycles. The van der Waals surface area contributed by atoms with Gasteiger partial charge >= 0.3 is 0 Å². The molecule has 3 heteroatoms. The Bertz CT molecular complexity index is 396. The van der Waals surface area contributed by atoms with Crippen LogP contribution in [0.4, 0.5) is 0 Å². The first kappa shape index (κ1) is 7.98. The summed E-state index contributed by atoms with van der Waals surface area (Å²) in [5.74, 6) is -0.199. The third kappa shape index (κ3) is 1.13. The van der Waals surface area contributed by atoms with Gasteiger partial charge in [-0.05, 0) is 12.5 Å². The van der Waals surface area contributed by atoms with E-state index in [1.54, 1.807) is 12.1 Å². The van der Waals surface area contributed by atoms with Crippen molar-refractivity contribution in [3.63, 3.8) is 0 Å². The maximum Gasteiger partial charge on any atom is 0.252 e. The largest absolute Gasteiger partial charge is 0.348 e. The number of rotatable bonds is 1. The van der Waals surface area contributed by atoms with Crippen LogP contribution in [-0.4, -0.2) is 11.7 Å². The lowest BCUT2D eigenvalue weighted by Crippen LogP contribution is -2.14. The molecule has 1 aromatic rings. The van der Waals surface area contributed by atoms with Crippen molar-refractivity contribution in [2.45, 2.75) is 13.5 Å². The fourth-order valence-corrected chi connectivity index (χ4v) is 1.57. The number of hydrogen-bond donors (Lipinski definition) is 1. The number of nitrogens with one attached hydrogen (secondary N) is 1. The molecule has 0 radical (unpaired) electrons. The van der Waals surface area contributed by atoms with Crippen LogP contribution in [0.3, 0.4) is 0 Å². The Morgan fingerprint density at radius 1 is 1.46 bits per heavy atom. The first-order valence-corrected chi connectivity index (χ1v) is 4.11. The smallest absolute Gasteiger partial charge is 0.252 e. The summed E-state index contributed by atoms with van der Waals surface area (Å²) in [5, 5.41) is 2.69. The van der Waals surface area contributed by atoms with Gasteiger partial charge in [0.15, 0.2) is 5.78 Å². The number of hydrogen-bond acceptors (Lipinski definition) is 2. The Morgan fingerprint density at radius 3 is 2.92 bits per heavy atom. The number of carbonyl (C=O) groups excluding carboxylic acids is 2. The van der Waals surface area contributed by atoms with Crippen molar-refractivity contribution >= 4 is 11.7 Å². The second-order valence-electron chi connectivity index (χ2n) is 3.08. The van der Waals surface area contributed by atoms with Crippen molar-refractivity contribution in [3.8, 4) is 0 Å². The third-order valence-corrected chi connectivity index (χ3v) is 2.20. The van der Waals surface area contributed by atoms with Gasteiger partial charge < -0.3 is 5.32 Å². The standard InChI is InChI=1S/C10H9NO2/c1-6(12)8-4-2-3-7-5-11-10(13)9(7)8/h2-4H,5H2,1H3,(H,11,13). The molecular weight excluding hydrogens is 166 g/mol. The Balaban J connectivity index is 2.66. The zero-order valence-corrected chi connectivity index (χ0v) is 7.26. The molecule has 0 fully saturated rings. The quantitative estimate of drug-likeness (QED) is 0.650. The molecule has 13 heavy (non-hydrogen) atoms. The predicted octanol–water partition coefficient (Wildman–Crippen LogP) is 1.13. The number of carbonyl (C=O) groups is 2. The van der Waals surface area contributed by atoms with Crippen LogP contribution in [0, 0.1) is 0 Å². The molecule has 3 nitrogen and oxygen atoms in total. The zero-order chi connectivity index (χ0) is 9.42. The van der Waals surface area contributed by atoms with Crippen LogP contribution in [0.2, 0.25) is 0 Å². The van der Waals surface area contributed by atoms with Crippen LogP contribution < -0.4 is 5.32 Å². The molecule has 66 valence electrons. The van der Waals surface area contributed by atoms with Crippen molar-refractivity contribution in [3.05, 3.63) is 34.9 Å². The number of amides is 1. The summed E-state index contributed by atoms with van der Waals surface area (Å²) in [6.07, 6.45) is 0. The molecule has 0 bridgehead atoms. The van der Waals surface area contributed by atoms with E-state index in [0.29, 0.717) is 17.7 Å². The van der Waals surface area contributed by atoms with Crippen molar-refractivity contribution in [2.24, 2.45) is 0 Å². The highest BCUT2D eigenvalue weighted by Gasteiger charge is 2.23. The summed E-state index contributed by atoms with van der Waals surface area (Å²) in [6.45, 7) is 2.01. The molecule has 0 atom stereocenters.